The predicted octanol–water partition coefficient (Wildman–Crippen LogP) is 2.49. The van der Waals surface area contributed by atoms with Crippen LogP contribution >= 0.6 is 0 Å². The van der Waals surface area contributed by atoms with Crippen molar-refractivity contribution in [3.05, 3.63) is 24.3 Å². The van der Waals surface area contributed by atoms with E-state index in [-0.39, 0.29) is 0 Å². The molecule has 0 rings (SSSR count). The van der Waals surface area contributed by atoms with E-state index in [4.69, 9.17) is 0 Å². The fourth-order valence-corrected chi connectivity index (χ4v) is 0.554. The van der Waals surface area contributed by atoms with E-state index in [1.165, 1.54) is 6.42 Å². The van der Waals surface area contributed by atoms with Crippen molar-refractivity contribution in [1.29, 1.82) is 0 Å². The van der Waals surface area contributed by atoms with Crippen LogP contribution in [0.4, 0.5) is 0 Å². The van der Waals surface area contributed by atoms with Crippen LogP contribution in [-0.2, 0) is 4.79 Å². The van der Waals surface area contributed by atoms with Crippen molar-refractivity contribution in [3.63, 3.8) is 0 Å². The summed E-state index contributed by atoms with van der Waals surface area (Å²) < 4.78 is 0. The molecule has 0 aliphatic heterocycles. The Labute approximate surface area is 62.4 Å². The molecular formula is C9H14O. The summed E-state index contributed by atoms with van der Waals surface area (Å²) in [6, 6.07) is 0. The van der Waals surface area contributed by atoms with Crippen molar-refractivity contribution >= 4 is 6.29 Å². The molecule has 0 bridgehead atoms. The lowest BCUT2D eigenvalue weighted by Gasteiger charge is -1.79. The Balaban J connectivity index is 3.22. The summed E-state index contributed by atoms with van der Waals surface area (Å²) in [5.74, 6) is 0. The molecule has 0 unspecified atom stereocenters. The van der Waals surface area contributed by atoms with E-state index in [0.717, 1.165) is 12.7 Å². The van der Waals surface area contributed by atoms with E-state index in [2.05, 4.69) is 13.0 Å². The highest BCUT2D eigenvalue weighted by molar-refractivity contribution is 5.52. The molecule has 0 saturated heterocycles. The molecule has 0 heterocycles. The average Bonchev–Trinajstić information content (AvgIpc) is 1.97. The van der Waals surface area contributed by atoms with E-state index >= 15 is 0 Å². The Morgan fingerprint density at radius 2 is 1.90 bits per heavy atom. The molecule has 1 heteroatoms. The molecule has 0 fully saturated rings. The molecule has 0 amide bonds. The van der Waals surface area contributed by atoms with E-state index < -0.39 is 0 Å². The van der Waals surface area contributed by atoms with Crippen LogP contribution in [0.25, 0.3) is 0 Å². The van der Waals surface area contributed by atoms with Crippen molar-refractivity contribution in [2.24, 2.45) is 0 Å². The first kappa shape index (κ1) is 9.15. The number of aldehydes is 1. The smallest absolute Gasteiger partial charge is 0.123 e. The summed E-state index contributed by atoms with van der Waals surface area (Å²) in [5.41, 5.74) is 0. The van der Waals surface area contributed by atoms with Crippen LogP contribution in [0, 0.1) is 0 Å². The lowest BCUT2D eigenvalue weighted by atomic mass is 10.3. The summed E-state index contributed by atoms with van der Waals surface area (Å²) in [4.78, 5) is 9.82. The second-order valence-corrected chi connectivity index (χ2v) is 2.05. The third-order valence-electron chi connectivity index (χ3n) is 1.07. The zero-order valence-corrected chi connectivity index (χ0v) is 6.42. The summed E-state index contributed by atoms with van der Waals surface area (Å²) in [6.45, 7) is 2.14. The summed E-state index contributed by atoms with van der Waals surface area (Å²) in [6.07, 6.45) is 11.5. The molecule has 0 aliphatic carbocycles. The topological polar surface area (TPSA) is 17.1 Å². The minimum absolute atomic E-state index is 0.524. The van der Waals surface area contributed by atoms with Gasteiger partial charge in [-0.1, -0.05) is 37.6 Å². The summed E-state index contributed by atoms with van der Waals surface area (Å²) in [5, 5.41) is 0. The first-order chi connectivity index (χ1) is 4.91. The van der Waals surface area contributed by atoms with Crippen molar-refractivity contribution in [2.45, 2.75) is 26.2 Å². The molecule has 0 aromatic heterocycles. The molecule has 1 nitrogen and oxygen atoms in total. The van der Waals surface area contributed by atoms with Gasteiger partial charge >= 0.3 is 0 Å². The highest BCUT2D eigenvalue weighted by atomic mass is 16.1. The Hall–Kier alpha value is -0.850. The largest absolute Gasteiger partial charge is 0.303 e. The zero-order chi connectivity index (χ0) is 7.66. The van der Waals surface area contributed by atoms with Gasteiger partial charge in [0.2, 0.25) is 0 Å². The zero-order valence-electron chi connectivity index (χ0n) is 6.42. The highest BCUT2D eigenvalue weighted by Gasteiger charge is 1.70. The molecular weight excluding hydrogens is 124 g/mol. The Bertz CT molecular complexity index is 123. The van der Waals surface area contributed by atoms with Crippen molar-refractivity contribution < 1.29 is 4.79 Å². The molecule has 0 spiro atoms. The van der Waals surface area contributed by atoms with Crippen LogP contribution in [0.1, 0.15) is 26.2 Å². The monoisotopic (exact) mass is 138 g/mol. The van der Waals surface area contributed by atoms with Gasteiger partial charge in [-0.3, -0.25) is 0 Å². The normalized spacial score (nSPS) is 11.3. The standard InChI is InChI=1S/C9H14O/c1-2-3-4-5-6-7-8-9-10/h4-7,9H,2-3,8H2,1H3. The molecule has 56 valence electrons. The third-order valence-corrected chi connectivity index (χ3v) is 1.07. The quantitative estimate of drug-likeness (QED) is 0.421. The van der Waals surface area contributed by atoms with Gasteiger partial charge in [-0.05, 0) is 6.42 Å². The van der Waals surface area contributed by atoms with Crippen molar-refractivity contribution in [2.75, 3.05) is 0 Å². The number of allylic oxidation sites excluding steroid dienone is 4. The second kappa shape index (κ2) is 8.15. The lowest BCUT2D eigenvalue weighted by Crippen LogP contribution is -1.64. The molecule has 0 radical (unpaired) electrons. The molecule has 0 saturated carbocycles. The van der Waals surface area contributed by atoms with Gasteiger partial charge in [-0.25, -0.2) is 0 Å². The fraction of sp³-hybridized carbons (Fsp3) is 0.444. The molecule has 0 aromatic carbocycles. The van der Waals surface area contributed by atoms with Gasteiger partial charge in [0, 0.05) is 6.42 Å². The van der Waals surface area contributed by atoms with E-state index in [9.17, 15) is 4.79 Å². The van der Waals surface area contributed by atoms with Crippen LogP contribution in [0.5, 0.6) is 0 Å². The third kappa shape index (κ3) is 7.15. The maximum Gasteiger partial charge on any atom is 0.123 e. The minimum Gasteiger partial charge on any atom is -0.303 e. The molecule has 0 atom stereocenters. The molecule has 0 N–H and O–H groups in total. The minimum atomic E-state index is 0.524. The van der Waals surface area contributed by atoms with Gasteiger partial charge in [0.25, 0.3) is 0 Å². The van der Waals surface area contributed by atoms with Gasteiger partial charge in [0.1, 0.15) is 6.29 Å². The number of hydrogen-bond acceptors (Lipinski definition) is 1. The second-order valence-electron chi connectivity index (χ2n) is 2.05. The van der Waals surface area contributed by atoms with Crippen LogP contribution < -0.4 is 0 Å². The van der Waals surface area contributed by atoms with Gasteiger partial charge in [0.05, 0.1) is 0 Å². The van der Waals surface area contributed by atoms with E-state index in [0.29, 0.717) is 6.42 Å². The van der Waals surface area contributed by atoms with Crippen LogP contribution in [-0.4, -0.2) is 6.29 Å². The van der Waals surface area contributed by atoms with Crippen molar-refractivity contribution in [3.8, 4) is 0 Å². The fourth-order valence-electron chi connectivity index (χ4n) is 0.554. The predicted molar refractivity (Wildman–Crippen MR) is 43.9 cm³/mol. The van der Waals surface area contributed by atoms with Crippen LogP contribution in [0.15, 0.2) is 24.3 Å². The summed E-state index contributed by atoms with van der Waals surface area (Å²) in [7, 11) is 0. The Morgan fingerprint density at radius 1 is 1.20 bits per heavy atom. The molecule has 10 heavy (non-hydrogen) atoms. The number of unbranched alkanes of at least 4 members (excludes halogenated alkanes) is 1. The van der Waals surface area contributed by atoms with Gasteiger partial charge in [-0.2, -0.15) is 0 Å². The first-order valence-corrected chi connectivity index (χ1v) is 3.67. The number of hydrogen-bond donors (Lipinski definition) is 0. The molecule has 0 aromatic rings. The van der Waals surface area contributed by atoms with E-state index in [1.807, 2.05) is 18.2 Å². The summed E-state index contributed by atoms with van der Waals surface area (Å²) >= 11 is 0. The highest BCUT2D eigenvalue weighted by Crippen LogP contribution is 1.88. The maximum absolute atomic E-state index is 9.82. The van der Waals surface area contributed by atoms with Gasteiger partial charge in [0.15, 0.2) is 0 Å². The van der Waals surface area contributed by atoms with Crippen molar-refractivity contribution in [1.82, 2.24) is 0 Å². The lowest BCUT2D eigenvalue weighted by molar-refractivity contribution is -0.107. The number of carbonyl (C=O) groups is 1. The number of rotatable bonds is 5. The first-order valence-electron chi connectivity index (χ1n) is 3.67. The Kier molecular flexibility index (Phi) is 7.46. The average molecular weight is 138 g/mol. The van der Waals surface area contributed by atoms with Crippen LogP contribution in [0.3, 0.4) is 0 Å². The molecule has 0 aliphatic rings. The van der Waals surface area contributed by atoms with Crippen LogP contribution in [0.2, 0.25) is 0 Å². The van der Waals surface area contributed by atoms with E-state index in [1.54, 1.807) is 0 Å². The number of carbonyl (C=O) groups excluding carboxylic acids is 1. The SMILES string of the molecule is CCCC=CC=CCC=O. The Morgan fingerprint density at radius 3 is 2.50 bits per heavy atom. The maximum atomic E-state index is 9.82. The van der Waals surface area contributed by atoms with Gasteiger partial charge < -0.3 is 4.79 Å². The van der Waals surface area contributed by atoms with Gasteiger partial charge in [-0.15, -0.1) is 0 Å².